The lowest BCUT2D eigenvalue weighted by Gasteiger charge is -2.06. The third-order valence-corrected chi connectivity index (χ3v) is 3.65. The van der Waals surface area contributed by atoms with Crippen molar-refractivity contribution in [1.82, 2.24) is 20.2 Å². The Morgan fingerprint density at radius 1 is 0.952 bits per heavy atom. The molecule has 5 heteroatoms. The third-order valence-electron chi connectivity index (χ3n) is 3.65. The van der Waals surface area contributed by atoms with Crippen molar-refractivity contribution in [2.24, 2.45) is 0 Å². The molecule has 4 aromatic rings. The van der Waals surface area contributed by atoms with Gasteiger partial charge < -0.3 is 5.32 Å². The van der Waals surface area contributed by atoms with Crippen molar-refractivity contribution < 1.29 is 0 Å². The average molecular weight is 275 g/mol. The molecule has 5 nitrogen and oxygen atoms in total. The van der Waals surface area contributed by atoms with Crippen molar-refractivity contribution in [3.63, 3.8) is 0 Å². The average Bonchev–Trinajstić information content (AvgIpc) is 3.03. The van der Waals surface area contributed by atoms with Gasteiger partial charge in [0.15, 0.2) is 0 Å². The van der Waals surface area contributed by atoms with E-state index in [-0.39, 0.29) is 0 Å². The summed E-state index contributed by atoms with van der Waals surface area (Å²) in [5.74, 6) is 0. The minimum atomic E-state index is 0.946. The van der Waals surface area contributed by atoms with E-state index in [0.29, 0.717) is 0 Å². The van der Waals surface area contributed by atoms with E-state index < -0.39 is 0 Å². The zero-order valence-corrected chi connectivity index (χ0v) is 11.5. The number of fused-ring (bicyclic) bond motifs is 3. The molecule has 3 heterocycles. The minimum absolute atomic E-state index is 0.946. The van der Waals surface area contributed by atoms with Gasteiger partial charge in [-0.2, -0.15) is 5.10 Å². The van der Waals surface area contributed by atoms with Gasteiger partial charge in [0.1, 0.15) is 0 Å². The number of H-pyrrole nitrogens is 1. The maximum Gasteiger partial charge on any atom is 0.0840 e. The van der Waals surface area contributed by atoms with Crippen LogP contribution in [0.15, 0.2) is 49.1 Å². The van der Waals surface area contributed by atoms with Gasteiger partial charge in [0.25, 0.3) is 0 Å². The predicted molar refractivity (Wildman–Crippen MR) is 84.2 cm³/mol. The number of nitrogens with zero attached hydrogens (tertiary/aromatic N) is 3. The molecule has 3 aromatic heterocycles. The molecule has 1 aromatic carbocycles. The predicted octanol–water partition coefficient (Wildman–Crippen LogP) is 3.21. The number of aromatic amines is 1. The van der Waals surface area contributed by atoms with E-state index in [4.69, 9.17) is 0 Å². The van der Waals surface area contributed by atoms with E-state index in [1.807, 2.05) is 31.7 Å². The number of hydrogen-bond acceptors (Lipinski definition) is 4. The van der Waals surface area contributed by atoms with Gasteiger partial charge in [0, 0.05) is 35.8 Å². The Morgan fingerprint density at radius 3 is 2.81 bits per heavy atom. The fourth-order valence-electron chi connectivity index (χ4n) is 2.52. The molecule has 0 fully saturated rings. The number of nitrogens with one attached hydrogen (secondary N) is 2. The van der Waals surface area contributed by atoms with Gasteiger partial charge in [-0.25, -0.2) is 0 Å². The Bertz CT molecular complexity index is 942. The number of rotatable bonds is 2. The second kappa shape index (κ2) is 4.56. The maximum absolute atomic E-state index is 4.45. The van der Waals surface area contributed by atoms with Crippen LogP contribution in [0.2, 0.25) is 0 Å². The SMILES string of the molecule is CNc1cncc(-c2ccc3ncc4[nH]ncc4c3c2)c1. The Morgan fingerprint density at radius 2 is 1.90 bits per heavy atom. The Hall–Kier alpha value is -2.95. The van der Waals surface area contributed by atoms with Crippen LogP contribution in [0.5, 0.6) is 0 Å². The lowest BCUT2D eigenvalue weighted by Crippen LogP contribution is -1.90. The third kappa shape index (κ3) is 1.90. The Kier molecular flexibility index (Phi) is 2.57. The molecule has 0 aliphatic rings. The molecule has 0 bridgehead atoms. The molecule has 0 atom stereocenters. The van der Waals surface area contributed by atoms with Crippen LogP contribution in [-0.4, -0.2) is 27.2 Å². The largest absolute Gasteiger partial charge is 0.387 e. The number of hydrogen-bond donors (Lipinski definition) is 2. The zero-order valence-electron chi connectivity index (χ0n) is 11.5. The first kappa shape index (κ1) is 11.8. The summed E-state index contributed by atoms with van der Waals surface area (Å²) in [5.41, 5.74) is 5.09. The summed E-state index contributed by atoms with van der Waals surface area (Å²) < 4.78 is 0. The summed E-state index contributed by atoms with van der Waals surface area (Å²) in [4.78, 5) is 8.72. The Balaban J connectivity index is 1.96. The van der Waals surface area contributed by atoms with E-state index in [2.05, 4.69) is 43.7 Å². The molecule has 0 aliphatic carbocycles. The Labute approximate surface area is 121 Å². The summed E-state index contributed by atoms with van der Waals surface area (Å²) in [6, 6.07) is 8.31. The zero-order chi connectivity index (χ0) is 14.2. The molecule has 0 amide bonds. The highest BCUT2D eigenvalue weighted by Crippen LogP contribution is 2.28. The normalized spacial score (nSPS) is 11.1. The standard InChI is InChI=1S/C16H13N5/c1-17-12-4-11(6-18-7-12)10-2-3-15-13(5-10)14-8-20-21-16(14)9-19-15/h2-9,17H,1H3,(H,20,21). The van der Waals surface area contributed by atoms with Crippen LogP contribution in [0.1, 0.15) is 0 Å². The van der Waals surface area contributed by atoms with Crippen LogP contribution >= 0.6 is 0 Å². The van der Waals surface area contributed by atoms with E-state index in [1.54, 1.807) is 6.20 Å². The van der Waals surface area contributed by atoms with Crippen molar-refractivity contribution in [2.75, 3.05) is 12.4 Å². The van der Waals surface area contributed by atoms with E-state index >= 15 is 0 Å². The molecule has 0 aliphatic heterocycles. The molecule has 102 valence electrons. The number of aromatic nitrogens is 4. The molecule has 0 saturated heterocycles. The van der Waals surface area contributed by atoms with Gasteiger partial charge in [0.05, 0.1) is 29.1 Å². The molecule has 0 unspecified atom stereocenters. The first-order valence-electron chi connectivity index (χ1n) is 6.70. The molecule has 0 spiro atoms. The molecule has 0 saturated carbocycles. The second-order valence-electron chi connectivity index (χ2n) is 4.90. The highest BCUT2D eigenvalue weighted by molar-refractivity contribution is 6.05. The van der Waals surface area contributed by atoms with Crippen LogP contribution in [0.4, 0.5) is 5.69 Å². The molecule has 0 radical (unpaired) electrons. The van der Waals surface area contributed by atoms with E-state index in [0.717, 1.165) is 38.6 Å². The van der Waals surface area contributed by atoms with Gasteiger partial charge >= 0.3 is 0 Å². The summed E-state index contributed by atoms with van der Waals surface area (Å²) in [6.07, 6.45) is 7.32. The van der Waals surface area contributed by atoms with Gasteiger partial charge in [-0.15, -0.1) is 0 Å². The van der Waals surface area contributed by atoms with Crippen molar-refractivity contribution in [2.45, 2.75) is 0 Å². The molecule has 4 rings (SSSR count). The quantitative estimate of drug-likeness (QED) is 0.589. The number of anilines is 1. The summed E-state index contributed by atoms with van der Waals surface area (Å²) in [7, 11) is 1.89. The van der Waals surface area contributed by atoms with Crippen molar-refractivity contribution in [3.8, 4) is 11.1 Å². The summed E-state index contributed by atoms with van der Waals surface area (Å²) >= 11 is 0. The second-order valence-corrected chi connectivity index (χ2v) is 4.90. The number of benzene rings is 1. The first-order chi connectivity index (χ1) is 10.3. The van der Waals surface area contributed by atoms with Crippen molar-refractivity contribution >= 4 is 27.5 Å². The fraction of sp³-hybridized carbons (Fsp3) is 0.0625. The molecule has 2 N–H and O–H groups in total. The first-order valence-corrected chi connectivity index (χ1v) is 6.70. The van der Waals surface area contributed by atoms with E-state index in [9.17, 15) is 0 Å². The molecule has 21 heavy (non-hydrogen) atoms. The summed E-state index contributed by atoms with van der Waals surface area (Å²) in [5, 5.41) is 12.3. The maximum atomic E-state index is 4.45. The van der Waals surface area contributed by atoms with Crippen LogP contribution in [-0.2, 0) is 0 Å². The van der Waals surface area contributed by atoms with E-state index in [1.165, 1.54) is 0 Å². The summed E-state index contributed by atoms with van der Waals surface area (Å²) in [6.45, 7) is 0. The van der Waals surface area contributed by atoms with Crippen LogP contribution in [0.25, 0.3) is 32.9 Å². The number of pyridine rings is 2. The highest BCUT2D eigenvalue weighted by Gasteiger charge is 2.06. The van der Waals surface area contributed by atoms with Crippen molar-refractivity contribution in [3.05, 3.63) is 49.1 Å². The lowest BCUT2D eigenvalue weighted by atomic mass is 10.0. The van der Waals surface area contributed by atoms with Gasteiger partial charge in [-0.3, -0.25) is 15.1 Å². The van der Waals surface area contributed by atoms with Crippen LogP contribution in [0.3, 0.4) is 0 Å². The topological polar surface area (TPSA) is 66.5 Å². The molecular weight excluding hydrogens is 262 g/mol. The van der Waals surface area contributed by atoms with Gasteiger partial charge in [-0.05, 0) is 23.8 Å². The fourth-order valence-corrected chi connectivity index (χ4v) is 2.52. The lowest BCUT2D eigenvalue weighted by molar-refractivity contribution is 1.12. The highest BCUT2D eigenvalue weighted by atomic mass is 15.1. The minimum Gasteiger partial charge on any atom is -0.387 e. The monoisotopic (exact) mass is 275 g/mol. The van der Waals surface area contributed by atoms with Crippen molar-refractivity contribution in [1.29, 1.82) is 0 Å². The van der Waals surface area contributed by atoms with Crippen LogP contribution < -0.4 is 5.32 Å². The smallest absolute Gasteiger partial charge is 0.0840 e. The van der Waals surface area contributed by atoms with Crippen LogP contribution in [0, 0.1) is 0 Å². The van der Waals surface area contributed by atoms with Gasteiger partial charge in [0.2, 0.25) is 0 Å². The molecular formula is C16H13N5. The van der Waals surface area contributed by atoms with Gasteiger partial charge in [-0.1, -0.05) is 6.07 Å².